The van der Waals surface area contributed by atoms with Crippen LogP contribution in [0.5, 0.6) is 0 Å². The van der Waals surface area contributed by atoms with E-state index in [0.29, 0.717) is 0 Å². The van der Waals surface area contributed by atoms with Crippen LogP contribution < -0.4 is 5.32 Å². The molecule has 0 aliphatic rings. The van der Waals surface area contributed by atoms with Gasteiger partial charge < -0.3 is 15.5 Å². The Morgan fingerprint density at radius 3 is 2.76 bits per heavy atom. The number of amides is 1. The minimum absolute atomic E-state index is 0.0422. The van der Waals surface area contributed by atoms with E-state index in [1.807, 2.05) is 0 Å². The Morgan fingerprint density at radius 2 is 2.18 bits per heavy atom. The van der Waals surface area contributed by atoms with Crippen molar-refractivity contribution in [3.63, 3.8) is 0 Å². The van der Waals surface area contributed by atoms with E-state index in [4.69, 9.17) is 21.8 Å². The monoisotopic (exact) mass is 258 g/mol. The van der Waals surface area contributed by atoms with Gasteiger partial charge >= 0.3 is 5.97 Å². The Bertz CT molecular complexity index is 425. The Kier molecular flexibility index (Phi) is 4.86. The molecule has 7 heteroatoms. The highest BCUT2D eigenvalue weighted by atomic mass is 35.5. The quantitative estimate of drug-likeness (QED) is 0.660. The number of rotatable bonds is 5. The first-order valence-electron chi connectivity index (χ1n) is 4.82. The van der Waals surface area contributed by atoms with Crippen molar-refractivity contribution in [3.8, 4) is 0 Å². The van der Waals surface area contributed by atoms with Gasteiger partial charge in [-0.15, -0.1) is 0 Å². The highest BCUT2D eigenvalue weighted by Gasteiger charge is 2.13. The molecule has 3 N–H and O–H groups in total. The molecule has 0 fully saturated rings. The minimum atomic E-state index is -1.48. The van der Waals surface area contributed by atoms with E-state index in [9.17, 15) is 9.59 Å². The van der Waals surface area contributed by atoms with Gasteiger partial charge in [0.25, 0.3) is 5.91 Å². The van der Waals surface area contributed by atoms with Crippen LogP contribution in [0.1, 0.15) is 16.9 Å². The summed E-state index contributed by atoms with van der Waals surface area (Å²) in [5.74, 6) is -1.79. The number of pyridine rings is 1. The van der Waals surface area contributed by atoms with Crippen molar-refractivity contribution in [2.24, 2.45) is 0 Å². The van der Waals surface area contributed by atoms with E-state index in [2.05, 4.69) is 10.3 Å². The molecular formula is C10H11ClN2O4. The Balaban J connectivity index is 2.43. The number of hydrogen-bond donors (Lipinski definition) is 3. The van der Waals surface area contributed by atoms with Crippen molar-refractivity contribution in [2.75, 3.05) is 6.54 Å². The van der Waals surface area contributed by atoms with Crippen LogP contribution in [-0.4, -0.2) is 39.7 Å². The molecule has 0 saturated carbocycles. The summed E-state index contributed by atoms with van der Waals surface area (Å²) in [6.07, 6.45) is -1.55. The fourth-order valence-corrected chi connectivity index (χ4v) is 1.23. The average molecular weight is 259 g/mol. The van der Waals surface area contributed by atoms with E-state index >= 15 is 0 Å². The number of carboxylic acid groups (broad SMARTS) is 1. The van der Waals surface area contributed by atoms with E-state index in [-0.39, 0.29) is 23.8 Å². The fraction of sp³-hybridized carbons (Fsp3) is 0.300. The van der Waals surface area contributed by atoms with Crippen LogP contribution in [0, 0.1) is 0 Å². The molecule has 1 rings (SSSR count). The molecule has 0 bridgehead atoms. The molecule has 0 aliphatic carbocycles. The number of halogens is 1. The number of hydrogen-bond acceptors (Lipinski definition) is 4. The predicted molar refractivity (Wildman–Crippen MR) is 59.8 cm³/mol. The molecule has 0 spiro atoms. The molecule has 0 saturated heterocycles. The molecule has 6 nitrogen and oxygen atoms in total. The molecular weight excluding hydrogens is 248 g/mol. The van der Waals surface area contributed by atoms with Gasteiger partial charge in [-0.3, -0.25) is 4.79 Å². The van der Waals surface area contributed by atoms with E-state index in [0.717, 1.165) is 0 Å². The Morgan fingerprint density at radius 1 is 1.47 bits per heavy atom. The highest BCUT2D eigenvalue weighted by molar-refractivity contribution is 6.29. The second-order valence-corrected chi connectivity index (χ2v) is 3.63. The number of carbonyl (C=O) groups excluding carboxylic acids is 1. The smallest absolute Gasteiger partial charge is 0.332 e. The third-order valence-electron chi connectivity index (χ3n) is 1.94. The number of nitrogens with one attached hydrogen (secondary N) is 1. The van der Waals surface area contributed by atoms with E-state index < -0.39 is 18.0 Å². The van der Waals surface area contributed by atoms with Gasteiger partial charge in [-0.1, -0.05) is 17.7 Å². The zero-order valence-corrected chi connectivity index (χ0v) is 9.52. The largest absolute Gasteiger partial charge is 0.479 e. The summed E-state index contributed by atoms with van der Waals surface area (Å²) in [4.78, 5) is 25.6. The molecule has 0 aliphatic heterocycles. The lowest BCUT2D eigenvalue weighted by Crippen LogP contribution is -2.30. The van der Waals surface area contributed by atoms with Crippen LogP contribution in [0.15, 0.2) is 18.2 Å². The zero-order chi connectivity index (χ0) is 12.8. The van der Waals surface area contributed by atoms with Crippen molar-refractivity contribution in [1.82, 2.24) is 10.3 Å². The van der Waals surface area contributed by atoms with Crippen molar-refractivity contribution in [3.05, 3.63) is 29.0 Å². The average Bonchev–Trinajstić information content (AvgIpc) is 2.28. The number of nitrogens with zero attached hydrogens (tertiary/aromatic N) is 1. The number of aliphatic hydroxyl groups is 1. The topological polar surface area (TPSA) is 99.5 Å². The zero-order valence-electron chi connectivity index (χ0n) is 8.76. The third-order valence-corrected chi connectivity index (χ3v) is 2.15. The number of aromatic nitrogens is 1. The maximum atomic E-state index is 11.5. The molecule has 1 unspecified atom stereocenters. The lowest BCUT2D eigenvalue weighted by Gasteiger charge is -2.06. The van der Waals surface area contributed by atoms with Crippen LogP contribution in [0.25, 0.3) is 0 Å². The molecule has 0 radical (unpaired) electrons. The first-order chi connectivity index (χ1) is 8.00. The van der Waals surface area contributed by atoms with Gasteiger partial charge in [-0.05, 0) is 12.1 Å². The van der Waals surface area contributed by atoms with Crippen molar-refractivity contribution < 1.29 is 19.8 Å². The van der Waals surface area contributed by atoms with Gasteiger partial charge in [0.05, 0.1) is 0 Å². The third kappa shape index (κ3) is 4.38. The first-order valence-corrected chi connectivity index (χ1v) is 5.20. The van der Waals surface area contributed by atoms with Crippen LogP contribution in [0.4, 0.5) is 0 Å². The highest BCUT2D eigenvalue weighted by Crippen LogP contribution is 2.04. The van der Waals surface area contributed by atoms with Crippen molar-refractivity contribution in [2.45, 2.75) is 12.5 Å². The number of carbonyl (C=O) groups is 2. The summed E-state index contributed by atoms with van der Waals surface area (Å²) in [7, 11) is 0. The van der Waals surface area contributed by atoms with Gasteiger partial charge in [0.15, 0.2) is 6.10 Å². The number of carboxylic acids is 1. The lowest BCUT2D eigenvalue weighted by molar-refractivity contribution is -0.146. The molecule has 1 aromatic rings. The van der Waals surface area contributed by atoms with Crippen LogP contribution in [0.2, 0.25) is 5.15 Å². The molecule has 17 heavy (non-hydrogen) atoms. The summed E-state index contributed by atoms with van der Waals surface area (Å²) in [5, 5.41) is 20.0. The molecule has 1 heterocycles. The molecule has 1 atom stereocenters. The maximum Gasteiger partial charge on any atom is 0.332 e. The van der Waals surface area contributed by atoms with Gasteiger partial charge in [-0.25, -0.2) is 9.78 Å². The summed E-state index contributed by atoms with van der Waals surface area (Å²) >= 11 is 5.61. The summed E-state index contributed by atoms with van der Waals surface area (Å²) in [6, 6.07) is 4.59. The van der Waals surface area contributed by atoms with E-state index in [1.54, 1.807) is 6.07 Å². The molecule has 0 aromatic carbocycles. The SMILES string of the molecule is O=C(NCCC(O)C(=O)O)c1cccc(Cl)n1. The van der Waals surface area contributed by atoms with Crippen molar-refractivity contribution >= 4 is 23.5 Å². The van der Waals surface area contributed by atoms with Gasteiger partial charge in [0.1, 0.15) is 10.8 Å². The predicted octanol–water partition coefficient (Wildman–Crippen LogP) is 0.300. The first kappa shape index (κ1) is 13.4. The number of aliphatic carboxylic acids is 1. The summed E-state index contributed by atoms with van der Waals surface area (Å²) in [5.41, 5.74) is 0.141. The second kappa shape index (κ2) is 6.17. The van der Waals surface area contributed by atoms with Crippen molar-refractivity contribution in [1.29, 1.82) is 0 Å². The molecule has 1 aromatic heterocycles. The fourth-order valence-electron chi connectivity index (χ4n) is 1.07. The van der Waals surface area contributed by atoms with Crippen LogP contribution in [0.3, 0.4) is 0 Å². The Labute approximate surface area is 102 Å². The molecule has 92 valence electrons. The second-order valence-electron chi connectivity index (χ2n) is 3.24. The molecule has 1 amide bonds. The normalized spacial score (nSPS) is 11.9. The maximum absolute atomic E-state index is 11.5. The summed E-state index contributed by atoms with van der Waals surface area (Å²) < 4.78 is 0. The summed E-state index contributed by atoms with van der Waals surface area (Å²) in [6.45, 7) is 0.0422. The van der Waals surface area contributed by atoms with Gasteiger partial charge in [-0.2, -0.15) is 0 Å². The van der Waals surface area contributed by atoms with E-state index in [1.165, 1.54) is 12.1 Å². The number of aliphatic hydroxyl groups excluding tert-OH is 1. The minimum Gasteiger partial charge on any atom is -0.479 e. The van der Waals surface area contributed by atoms with Crippen LogP contribution >= 0.6 is 11.6 Å². The van der Waals surface area contributed by atoms with Crippen LogP contribution in [-0.2, 0) is 4.79 Å². The lowest BCUT2D eigenvalue weighted by atomic mass is 10.2. The van der Waals surface area contributed by atoms with Gasteiger partial charge in [0.2, 0.25) is 0 Å². The Hall–Kier alpha value is -1.66. The van der Waals surface area contributed by atoms with Gasteiger partial charge in [0, 0.05) is 13.0 Å². The standard InChI is InChI=1S/C10H11ClN2O4/c11-8-3-1-2-6(13-8)9(15)12-5-4-7(14)10(16)17/h1-3,7,14H,4-5H2,(H,12,15)(H,16,17).